The summed E-state index contributed by atoms with van der Waals surface area (Å²) in [6.07, 6.45) is 4.65. The smallest absolute Gasteiger partial charge is 0.326 e. The number of para-hydroxylation sites is 1. The maximum atomic E-state index is 14.5. The molecule has 24 heteroatoms. The Morgan fingerprint density at radius 3 is 2.19 bits per heavy atom. The highest BCUT2D eigenvalue weighted by Gasteiger charge is 2.35. The van der Waals surface area contributed by atoms with Crippen molar-refractivity contribution in [1.82, 2.24) is 62.8 Å². The van der Waals surface area contributed by atoms with Crippen molar-refractivity contribution in [2.75, 3.05) is 13.1 Å². The molecule has 7 atom stereocenters. The van der Waals surface area contributed by atoms with Gasteiger partial charge in [-0.05, 0) is 49.3 Å². The van der Waals surface area contributed by atoms with Crippen molar-refractivity contribution in [3.8, 4) is 0 Å². The normalized spacial score (nSPS) is 20.2. The van der Waals surface area contributed by atoms with Crippen molar-refractivity contribution >= 4 is 70.1 Å². The van der Waals surface area contributed by atoms with E-state index in [0.717, 1.165) is 10.9 Å². The summed E-state index contributed by atoms with van der Waals surface area (Å²) >= 11 is 0. The summed E-state index contributed by atoms with van der Waals surface area (Å²) in [4.78, 5) is 134. The standard InChI is InChI=1S/C49H66N14O10/c1-3-4-14-34(57-28(2)64)42(66)59-36-17-18-41(65)53-21-19-37(45(69)63-40(48(72)73)23-30-25-55-33-15-9-8-13-32(30)33)60-43(67)35(16-10-20-54-49(50)51)58-46(70)38(22-29-11-6-5-7-12-29)61-47(71)39(62-44(36)68)24-31-26-52-27-56-31/h5-9,11-13,15,25-27,34-40,55H,3-4,10,14,16-24H2,1-2H3,(H,52,56)(H,53,65)(H,57,64)(H,58,70)(H,59,66)(H,60,67)(H,61,71)(H,62,68)(H,63,69)(H,72,73)(H4,50,51,54)/t34-,35-,36-,37-,38+,39-,40-/m0/s1. The van der Waals surface area contributed by atoms with Gasteiger partial charge in [0.15, 0.2) is 5.96 Å². The largest absolute Gasteiger partial charge is 0.480 e. The van der Waals surface area contributed by atoms with Crippen molar-refractivity contribution in [1.29, 1.82) is 5.41 Å². The molecule has 1 saturated heterocycles. The van der Waals surface area contributed by atoms with E-state index in [1.807, 2.05) is 19.1 Å². The van der Waals surface area contributed by atoms with E-state index in [2.05, 4.69) is 62.8 Å². The number of carbonyl (C=O) groups excluding carboxylic acids is 8. The van der Waals surface area contributed by atoms with Crippen LogP contribution in [-0.2, 0) is 62.4 Å². The van der Waals surface area contributed by atoms with Gasteiger partial charge in [0.1, 0.15) is 42.3 Å². The zero-order chi connectivity index (χ0) is 52.9. The van der Waals surface area contributed by atoms with Gasteiger partial charge in [-0.25, -0.2) is 9.78 Å². The molecule has 4 aromatic rings. The number of carboxylic acids is 1. The fourth-order valence-corrected chi connectivity index (χ4v) is 8.21. The zero-order valence-electron chi connectivity index (χ0n) is 40.8. The third-order valence-corrected chi connectivity index (χ3v) is 12.1. The predicted octanol–water partition coefficient (Wildman–Crippen LogP) is -0.829. The number of unbranched alkanes of at least 4 members (excludes halogenated alkanes) is 1. The van der Waals surface area contributed by atoms with Gasteiger partial charge in [-0.2, -0.15) is 0 Å². The molecule has 3 heterocycles. The van der Waals surface area contributed by atoms with E-state index < -0.39 is 95.5 Å². The molecule has 1 fully saturated rings. The lowest BCUT2D eigenvalue weighted by Gasteiger charge is -2.28. The number of aromatic nitrogens is 3. The van der Waals surface area contributed by atoms with Crippen molar-refractivity contribution in [2.24, 2.45) is 5.73 Å². The number of fused-ring (bicyclic) bond motifs is 1. The number of imidazole rings is 1. The number of hydrogen-bond donors (Lipinski definition) is 14. The van der Waals surface area contributed by atoms with Gasteiger partial charge < -0.3 is 68.7 Å². The van der Waals surface area contributed by atoms with Crippen LogP contribution < -0.4 is 53.6 Å². The number of benzene rings is 2. The Hall–Kier alpha value is -8.31. The van der Waals surface area contributed by atoms with Gasteiger partial charge in [0.05, 0.1) is 12.0 Å². The molecular formula is C49H66N14O10. The maximum Gasteiger partial charge on any atom is 0.326 e. The first kappa shape index (κ1) is 55.6. The topological polar surface area (TPSA) is 376 Å². The fourth-order valence-electron chi connectivity index (χ4n) is 8.21. The van der Waals surface area contributed by atoms with Crippen LogP contribution in [0.1, 0.15) is 82.0 Å². The maximum absolute atomic E-state index is 14.5. The lowest BCUT2D eigenvalue weighted by Crippen LogP contribution is -2.60. The number of aliphatic carboxylic acids is 1. The Morgan fingerprint density at radius 1 is 0.822 bits per heavy atom. The number of carboxylic acid groups (broad SMARTS) is 1. The molecule has 73 heavy (non-hydrogen) atoms. The second-order valence-corrected chi connectivity index (χ2v) is 17.8. The van der Waals surface area contributed by atoms with Gasteiger partial charge in [-0.3, -0.25) is 43.8 Å². The first-order chi connectivity index (χ1) is 35.0. The molecule has 0 radical (unpaired) electrons. The van der Waals surface area contributed by atoms with E-state index in [1.165, 1.54) is 19.4 Å². The summed E-state index contributed by atoms with van der Waals surface area (Å²) in [5.74, 6) is -7.89. The Bertz CT molecular complexity index is 2550. The van der Waals surface area contributed by atoms with Crippen LogP contribution in [-0.4, -0.2) is 135 Å². The third kappa shape index (κ3) is 17.8. The Kier molecular flexibility index (Phi) is 21.3. The van der Waals surface area contributed by atoms with Gasteiger partial charge in [-0.15, -0.1) is 0 Å². The molecule has 8 amide bonds. The van der Waals surface area contributed by atoms with Crippen molar-refractivity contribution < 1.29 is 48.3 Å². The fraction of sp³-hybridized carbons (Fsp3) is 0.449. The quantitative estimate of drug-likeness (QED) is 0.0310. The second kappa shape index (κ2) is 27.9. The van der Waals surface area contributed by atoms with Crippen LogP contribution in [0.25, 0.3) is 10.9 Å². The van der Waals surface area contributed by atoms with Crippen LogP contribution >= 0.6 is 0 Å². The van der Waals surface area contributed by atoms with Gasteiger partial charge >= 0.3 is 5.97 Å². The number of nitrogens with one attached hydrogen (secondary N) is 12. The molecule has 392 valence electrons. The van der Waals surface area contributed by atoms with Crippen LogP contribution in [0.4, 0.5) is 0 Å². The zero-order valence-corrected chi connectivity index (χ0v) is 40.8. The molecule has 0 unspecified atom stereocenters. The molecule has 5 rings (SSSR count). The third-order valence-electron chi connectivity index (χ3n) is 12.1. The molecule has 0 bridgehead atoms. The van der Waals surface area contributed by atoms with Crippen molar-refractivity contribution in [2.45, 2.75) is 127 Å². The van der Waals surface area contributed by atoms with E-state index in [-0.39, 0.29) is 76.8 Å². The number of rotatable bonds is 19. The molecule has 2 aromatic carbocycles. The second-order valence-electron chi connectivity index (χ2n) is 17.8. The average Bonchev–Trinajstić information content (AvgIpc) is 4.03. The summed E-state index contributed by atoms with van der Waals surface area (Å²) in [5.41, 5.74) is 7.79. The minimum absolute atomic E-state index is 0.0839. The van der Waals surface area contributed by atoms with Crippen LogP contribution in [0.5, 0.6) is 0 Å². The molecule has 15 N–H and O–H groups in total. The van der Waals surface area contributed by atoms with Crippen LogP contribution in [0, 0.1) is 5.41 Å². The number of H-pyrrole nitrogens is 2. The first-order valence-corrected chi connectivity index (χ1v) is 24.2. The molecule has 0 aliphatic carbocycles. The molecular weight excluding hydrogens is 945 g/mol. The van der Waals surface area contributed by atoms with E-state index in [0.29, 0.717) is 29.7 Å². The minimum atomic E-state index is -1.50. The Morgan fingerprint density at radius 2 is 1.51 bits per heavy atom. The number of guanidine groups is 1. The predicted molar refractivity (Wildman–Crippen MR) is 267 cm³/mol. The average molecular weight is 1010 g/mol. The van der Waals surface area contributed by atoms with Crippen LogP contribution in [0.3, 0.4) is 0 Å². The lowest BCUT2D eigenvalue weighted by atomic mass is 10.0. The molecule has 24 nitrogen and oxygen atoms in total. The number of nitrogens with two attached hydrogens (primary N) is 1. The van der Waals surface area contributed by atoms with E-state index in [9.17, 15) is 48.3 Å². The Labute approximate surface area is 421 Å². The molecule has 1 aliphatic rings. The summed E-state index contributed by atoms with van der Waals surface area (Å²) in [7, 11) is 0. The van der Waals surface area contributed by atoms with E-state index in [1.54, 1.807) is 48.7 Å². The van der Waals surface area contributed by atoms with Gasteiger partial charge in [0.25, 0.3) is 0 Å². The summed E-state index contributed by atoms with van der Waals surface area (Å²) in [6.45, 7) is 2.99. The van der Waals surface area contributed by atoms with Gasteiger partial charge in [0, 0.05) is 69.0 Å². The number of nitrogens with zero attached hydrogens (tertiary/aromatic N) is 1. The number of carbonyl (C=O) groups is 9. The highest BCUT2D eigenvalue weighted by atomic mass is 16.4. The monoisotopic (exact) mass is 1010 g/mol. The minimum Gasteiger partial charge on any atom is -0.480 e. The Balaban J connectivity index is 1.51. The number of hydrogen-bond acceptors (Lipinski definition) is 11. The summed E-state index contributed by atoms with van der Waals surface area (Å²) in [5, 5.41) is 42.5. The highest BCUT2D eigenvalue weighted by Crippen LogP contribution is 2.20. The SMILES string of the molecule is CCCC[C@H](NC(C)=O)C(=O)N[C@H]1CCC(=O)NCC[C@@H](C(=O)N[C@@H](Cc2c[nH]c3ccccc23)C(=O)O)NC(=O)[C@H](CCCNC(=N)N)NC(=O)[C@@H](Cc2ccccc2)NC(=O)[C@H](Cc2c[nH]cn2)NC1=O. The molecule has 2 aromatic heterocycles. The van der Waals surface area contributed by atoms with E-state index in [4.69, 9.17) is 11.1 Å². The molecule has 0 spiro atoms. The summed E-state index contributed by atoms with van der Waals surface area (Å²) < 4.78 is 0. The molecule has 1 aliphatic heterocycles. The van der Waals surface area contributed by atoms with Gasteiger partial charge in [-0.1, -0.05) is 68.3 Å². The highest BCUT2D eigenvalue weighted by molar-refractivity contribution is 5.98. The number of aromatic amines is 2. The van der Waals surface area contributed by atoms with Crippen molar-refractivity contribution in [3.05, 3.63) is 90.1 Å². The van der Waals surface area contributed by atoms with Crippen LogP contribution in [0.15, 0.2) is 73.3 Å². The summed E-state index contributed by atoms with van der Waals surface area (Å²) in [6, 6.07) is 6.18. The first-order valence-electron chi connectivity index (χ1n) is 24.2. The van der Waals surface area contributed by atoms with Crippen LogP contribution in [0.2, 0.25) is 0 Å². The lowest BCUT2D eigenvalue weighted by molar-refractivity contribution is -0.142. The van der Waals surface area contributed by atoms with Crippen molar-refractivity contribution in [3.63, 3.8) is 0 Å². The number of amides is 8. The van der Waals surface area contributed by atoms with E-state index >= 15 is 0 Å². The van der Waals surface area contributed by atoms with Gasteiger partial charge in [0.2, 0.25) is 47.3 Å². The molecule has 0 saturated carbocycles.